The summed E-state index contributed by atoms with van der Waals surface area (Å²) >= 11 is 0. The van der Waals surface area contributed by atoms with Gasteiger partial charge in [-0.25, -0.2) is 4.79 Å². The van der Waals surface area contributed by atoms with Gasteiger partial charge in [0, 0.05) is 24.6 Å². The third kappa shape index (κ3) is 1.78. The topological polar surface area (TPSA) is 53.3 Å². The van der Waals surface area contributed by atoms with Crippen LogP contribution < -0.4 is 4.74 Å². The Morgan fingerprint density at radius 2 is 2.21 bits per heavy atom. The predicted octanol–water partition coefficient (Wildman–Crippen LogP) is 1.81. The molecule has 1 aliphatic rings. The van der Waals surface area contributed by atoms with Gasteiger partial charge in [-0.15, -0.1) is 0 Å². The van der Waals surface area contributed by atoms with Gasteiger partial charge in [-0.2, -0.15) is 5.10 Å². The van der Waals surface area contributed by atoms with Crippen LogP contribution in [0.3, 0.4) is 0 Å². The molecule has 1 aromatic heterocycles. The van der Waals surface area contributed by atoms with E-state index < -0.39 is 0 Å². The molecule has 2 aromatic rings. The summed E-state index contributed by atoms with van der Waals surface area (Å²) in [5, 5.41) is 4.46. The van der Waals surface area contributed by atoms with Crippen LogP contribution in [0.25, 0.3) is 11.3 Å². The highest BCUT2D eigenvalue weighted by molar-refractivity contribution is 5.92. The molecule has 0 radical (unpaired) electrons. The van der Waals surface area contributed by atoms with Crippen molar-refractivity contribution < 1.29 is 14.3 Å². The number of esters is 1. The molecule has 1 aliphatic heterocycles. The first-order valence-electron chi connectivity index (χ1n) is 6.08. The van der Waals surface area contributed by atoms with E-state index in [4.69, 9.17) is 9.47 Å². The number of carbonyl (C=O) groups excluding carboxylic acids is 1. The summed E-state index contributed by atoms with van der Waals surface area (Å²) in [4.78, 5) is 11.9. The number of nitrogens with zero attached hydrogens (tertiary/aromatic N) is 2. The van der Waals surface area contributed by atoms with Gasteiger partial charge in [0.25, 0.3) is 0 Å². The van der Waals surface area contributed by atoms with E-state index in [1.165, 1.54) is 7.11 Å². The third-order valence-electron chi connectivity index (χ3n) is 3.28. The summed E-state index contributed by atoms with van der Waals surface area (Å²) in [6, 6.07) is 7.72. The van der Waals surface area contributed by atoms with E-state index >= 15 is 0 Å². The smallest absolute Gasteiger partial charge is 0.356 e. The molecule has 0 atom stereocenters. The first-order valence-corrected chi connectivity index (χ1v) is 6.08. The van der Waals surface area contributed by atoms with Crippen LogP contribution >= 0.6 is 0 Å². The molecule has 0 spiro atoms. The van der Waals surface area contributed by atoms with Gasteiger partial charge in [0.05, 0.1) is 13.7 Å². The summed E-state index contributed by atoms with van der Waals surface area (Å²) in [6.45, 7) is 0.527. The summed E-state index contributed by atoms with van der Waals surface area (Å²) in [6.07, 6.45) is 0.641. The van der Waals surface area contributed by atoms with E-state index in [0.717, 1.165) is 22.6 Å². The maximum absolute atomic E-state index is 11.9. The minimum atomic E-state index is -0.365. The highest BCUT2D eigenvalue weighted by Gasteiger charge is 2.26. The number of aromatic nitrogens is 2. The Kier molecular flexibility index (Phi) is 2.74. The van der Waals surface area contributed by atoms with Crippen LogP contribution in [0.5, 0.6) is 5.75 Å². The van der Waals surface area contributed by atoms with Crippen molar-refractivity contribution in [3.63, 3.8) is 0 Å². The first-order chi connectivity index (χ1) is 9.22. The molecule has 0 saturated heterocycles. The molecule has 1 aromatic carbocycles. The van der Waals surface area contributed by atoms with E-state index in [0.29, 0.717) is 18.7 Å². The number of rotatable bonds is 1. The minimum Gasteiger partial charge on any atom is -0.493 e. The van der Waals surface area contributed by atoms with Crippen molar-refractivity contribution in [2.24, 2.45) is 7.05 Å². The molecule has 0 saturated carbocycles. The monoisotopic (exact) mass is 258 g/mol. The number of ether oxygens (including phenoxy) is 2. The number of benzene rings is 1. The molecular formula is C14H14N2O3. The average molecular weight is 258 g/mol. The van der Waals surface area contributed by atoms with E-state index in [1.54, 1.807) is 11.7 Å². The Hall–Kier alpha value is -2.30. The maximum atomic E-state index is 11.9. The molecule has 0 bridgehead atoms. The zero-order valence-corrected chi connectivity index (χ0v) is 10.8. The van der Waals surface area contributed by atoms with Gasteiger partial charge in [-0.3, -0.25) is 4.68 Å². The minimum absolute atomic E-state index is 0.365. The van der Waals surface area contributed by atoms with Gasteiger partial charge in [-0.1, -0.05) is 12.1 Å². The second kappa shape index (κ2) is 4.42. The second-order valence-electron chi connectivity index (χ2n) is 4.39. The molecule has 98 valence electrons. The fourth-order valence-electron chi connectivity index (χ4n) is 2.42. The van der Waals surface area contributed by atoms with E-state index in [9.17, 15) is 4.79 Å². The van der Waals surface area contributed by atoms with Gasteiger partial charge in [0.2, 0.25) is 0 Å². The summed E-state index contributed by atoms with van der Waals surface area (Å²) in [5.41, 5.74) is 3.11. The molecule has 5 heteroatoms. The Morgan fingerprint density at radius 1 is 1.42 bits per heavy atom. The molecule has 0 unspecified atom stereocenters. The number of methoxy groups -OCH3 is 1. The van der Waals surface area contributed by atoms with Gasteiger partial charge < -0.3 is 9.47 Å². The van der Waals surface area contributed by atoms with Crippen LogP contribution in [0.1, 0.15) is 16.1 Å². The summed E-state index contributed by atoms with van der Waals surface area (Å²) < 4.78 is 12.1. The van der Waals surface area contributed by atoms with Gasteiger partial charge >= 0.3 is 5.97 Å². The van der Waals surface area contributed by atoms with Gasteiger partial charge in [0.15, 0.2) is 0 Å². The van der Waals surface area contributed by atoms with Crippen molar-refractivity contribution in [3.8, 4) is 17.0 Å². The fraction of sp³-hybridized carbons (Fsp3) is 0.286. The fourth-order valence-corrected chi connectivity index (χ4v) is 2.42. The van der Waals surface area contributed by atoms with Crippen molar-refractivity contribution in [2.75, 3.05) is 13.7 Å². The molecule has 19 heavy (non-hydrogen) atoms. The van der Waals surface area contributed by atoms with E-state index in [-0.39, 0.29) is 5.97 Å². The number of fused-ring (bicyclic) bond motifs is 3. The molecule has 0 amide bonds. The van der Waals surface area contributed by atoms with Crippen LogP contribution in [0.15, 0.2) is 24.3 Å². The number of hydrogen-bond acceptors (Lipinski definition) is 4. The molecule has 0 fully saturated rings. The van der Waals surface area contributed by atoms with Crippen LogP contribution in [0.4, 0.5) is 0 Å². The second-order valence-corrected chi connectivity index (χ2v) is 4.39. The predicted molar refractivity (Wildman–Crippen MR) is 69.2 cm³/mol. The Labute approximate surface area is 110 Å². The lowest BCUT2D eigenvalue weighted by molar-refractivity contribution is 0.0587. The van der Waals surface area contributed by atoms with Crippen LogP contribution in [0, 0.1) is 0 Å². The van der Waals surface area contributed by atoms with Crippen LogP contribution in [-0.2, 0) is 18.2 Å². The Bertz CT molecular complexity index is 646. The number of hydrogen-bond donors (Lipinski definition) is 0. The number of aryl methyl sites for hydroxylation is 1. The molecule has 2 heterocycles. The highest BCUT2D eigenvalue weighted by atomic mass is 16.5. The van der Waals surface area contributed by atoms with Crippen molar-refractivity contribution >= 4 is 5.97 Å². The lowest BCUT2D eigenvalue weighted by Gasteiger charge is -2.05. The standard InChI is InChI=1S/C14H14N2O3/c1-16-13(14(17)18-2)10-7-8-19-11-6-4-3-5-9(11)12(10)15-16/h3-6H,7-8H2,1-2H3. The summed E-state index contributed by atoms with van der Waals surface area (Å²) in [5.74, 6) is 0.436. The quantitative estimate of drug-likeness (QED) is 0.732. The normalized spacial score (nSPS) is 12.9. The molecule has 3 rings (SSSR count). The SMILES string of the molecule is COC(=O)c1c2c(nn1C)-c1ccccc1OCC2. The third-order valence-corrected chi connectivity index (χ3v) is 3.28. The molecule has 0 N–H and O–H groups in total. The van der Waals surface area contributed by atoms with Crippen molar-refractivity contribution in [1.82, 2.24) is 9.78 Å². The van der Waals surface area contributed by atoms with Crippen molar-refractivity contribution in [2.45, 2.75) is 6.42 Å². The van der Waals surface area contributed by atoms with Crippen molar-refractivity contribution in [1.29, 1.82) is 0 Å². The number of para-hydroxylation sites is 1. The zero-order valence-electron chi connectivity index (χ0n) is 10.8. The lowest BCUT2D eigenvalue weighted by atomic mass is 10.0. The zero-order chi connectivity index (χ0) is 13.4. The first kappa shape index (κ1) is 11.8. The van der Waals surface area contributed by atoms with Crippen LogP contribution in [-0.4, -0.2) is 29.5 Å². The van der Waals surface area contributed by atoms with Crippen molar-refractivity contribution in [3.05, 3.63) is 35.5 Å². The average Bonchev–Trinajstić information content (AvgIpc) is 2.65. The Balaban J connectivity index is 2.24. The highest BCUT2D eigenvalue weighted by Crippen LogP contribution is 2.35. The number of carbonyl (C=O) groups is 1. The lowest BCUT2D eigenvalue weighted by Crippen LogP contribution is -2.12. The van der Waals surface area contributed by atoms with Gasteiger partial charge in [0.1, 0.15) is 17.1 Å². The Morgan fingerprint density at radius 3 is 3.00 bits per heavy atom. The van der Waals surface area contributed by atoms with Crippen LogP contribution in [0.2, 0.25) is 0 Å². The molecule has 5 nitrogen and oxygen atoms in total. The molecule has 0 aliphatic carbocycles. The largest absolute Gasteiger partial charge is 0.493 e. The molecular weight excluding hydrogens is 244 g/mol. The maximum Gasteiger partial charge on any atom is 0.356 e. The van der Waals surface area contributed by atoms with E-state index in [1.807, 2.05) is 24.3 Å². The van der Waals surface area contributed by atoms with Gasteiger partial charge in [-0.05, 0) is 12.1 Å². The van der Waals surface area contributed by atoms with E-state index in [2.05, 4.69) is 5.10 Å². The summed E-state index contributed by atoms with van der Waals surface area (Å²) in [7, 11) is 3.13.